The van der Waals surface area contributed by atoms with E-state index < -0.39 is 163 Å². The van der Waals surface area contributed by atoms with Crippen molar-refractivity contribution < 1.29 is 92.1 Å². The van der Waals surface area contributed by atoms with Gasteiger partial charge in [-0.05, 0) is 97.5 Å². The zero-order valence-corrected chi connectivity index (χ0v) is 50.5. The van der Waals surface area contributed by atoms with E-state index >= 15 is 4.79 Å². The molecule has 27 unspecified atom stereocenters. The number of ketones is 1. The molecule has 0 aromatic rings. The van der Waals surface area contributed by atoms with Crippen LogP contribution >= 0.6 is 0 Å². The summed E-state index contributed by atoms with van der Waals surface area (Å²) in [7, 11) is 2.70. The number of ether oxygens (including phenoxy) is 11. The van der Waals surface area contributed by atoms with Gasteiger partial charge in [0.1, 0.15) is 29.6 Å². The number of carbonyl (C=O) groups is 3. The second-order valence-electron chi connectivity index (χ2n) is 26.0. The fourth-order valence-electron chi connectivity index (χ4n) is 15.7. The largest absolute Gasteiger partial charge is 0.762 e. The maximum absolute atomic E-state index is 15.5. The van der Waals surface area contributed by atoms with Crippen LogP contribution in [-0.2, 0) is 61.7 Å². The quantitative estimate of drug-likeness (QED) is 0.0556. The van der Waals surface area contributed by atoms with Gasteiger partial charge in [0.2, 0.25) is 5.78 Å². The highest BCUT2D eigenvalue weighted by atomic mass is 16.8. The van der Waals surface area contributed by atoms with E-state index in [1.54, 1.807) is 27.7 Å². The second kappa shape index (κ2) is 24.8. The van der Waals surface area contributed by atoms with E-state index in [1.807, 2.05) is 58.9 Å². The topological polar surface area (TPSA) is 292 Å². The molecule has 22 heteroatoms. The number of fused-ring (bicyclic) bond motifs is 4. The Morgan fingerprint density at radius 3 is 1.96 bits per heavy atom. The van der Waals surface area contributed by atoms with Crippen LogP contribution in [-0.4, -0.2) is 179 Å². The third kappa shape index (κ3) is 12.0. The summed E-state index contributed by atoms with van der Waals surface area (Å²) >= 11 is 0. The second-order valence-corrected chi connectivity index (χ2v) is 26.0. The smallest absolute Gasteiger partial charge is 0.407 e. The van der Waals surface area contributed by atoms with Gasteiger partial charge in [0.05, 0.1) is 73.6 Å². The molecule has 466 valence electrons. The lowest BCUT2D eigenvalue weighted by Gasteiger charge is -2.56. The summed E-state index contributed by atoms with van der Waals surface area (Å²) in [6.45, 7) is 22.4. The molecule has 0 aromatic carbocycles. The van der Waals surface area contributed by atoms with Gasteiger partial charge in [-0.1, -0.05) is 69.2 Å². The molecular formula is C61H91N2O20-. The van der Waals surface area contributed by atoms with Crippen molar-refractivity contribution in [3.05, 3.63) is 63.6 Å². The van der Waals surface area contributed by atoms with E-state index in [4.69, 9.17) is 52.1 Å². The number of aliphatic hydroxyl groups is 4. The minimum atomic E-state index is -1.70. The van der Waals surface area contributed by atoms with E-state index in [-0.39, 0.29) is 72.8 Å². The van der Waals surface area contributed by atoms with E-state index in [1.165, 1.54) is 21.1 Å². The van der Waals surface area contributed by atoms with Crippen LogP contribution in [0.25, 0.3) is 0 Å². The molecule has 5 saturated heterocycles. The number of amides is 1. The fraction of sp³-hybridized carbons (Fsp3) is 0.787. The van der Waals surface area contributed by atoms with Crippen molar-refractivity contribution in [1.29, 1.82) is 0 Å². The molecule has 6 N–H and O–H groups in total. The van der Waals surface area contributed by atoms with Crippen molar-refractivity contribution in [2.45, 2.75) is 244 Å². The van der Waals surface area contributed by atoms with Crippen LogP contribution in [0.3, 0.4) is 0 Å². The highest BCUT2D eigenvalue weighted by Gasteiger charge is 2.64. The molecule has 0 radical (unpaired) electrons. The van der Waals surface area contributed by atoms with Gasteiger partial charge in [-0.15, -0.1) is 0 Å². The minimum absolute atomic E-state index is 0.0258. The van der Waals surface area contributed by atoms with Crippen molar-refractivity contribution in [2.75, 3.05) is 14.2 Å². The normalized spacial score (nSPS) is 47.8. The molecular weight excluding hydrogens is 1080 g/mol. The molecule has 2 bridgehead atoms. The fourth-order valence-corrected chi connectivity index (χ4v) is 15.7. The number of aliphatic hydroxyl groups excluding tert-OH is 4. The first-order valence-corrected chi connectivity index (χ1v) is 29.8. The molecule has 1 saturated carbocycles. The monoisotopic (exact) mass is 1170 g/mol. The summed E-state index contributed by atoms with van der Waals surface area (Å²) in [5.74, 6) is -4.32. The van der Waals surface area contributed by atoms with Gasteiger partial charge in [0, 0.05) is 62.4 Å². The first-order valence-electron chi connectivity index (χ1n) is 29.8. The molecule has 0 aromatic heterocycles. The average Bonchev–Trinajstić information content (AvgIpc) is 1.91. The molecule has 9 rings (SSSR count). The minimum Gasteiger partial charge on any atom is -0.762 e. The number of hydrogen-bond acceptors (Lipinski definition) is 21. The van der Waals surface area contributed by atoms with E-state index in [9.17, 15) is 40.4 Å². The van der Waals surface area contributed by atoms with E-state index in [2.05, 4.69) is 25.2 Å². The highest BCUT2D eigenvalue weighted by Crippen LogP contribution is 2.61. The SMILES string of the molecule is COC(=O)NC1C(C)OC(OC2CC=C(C)C3C=CC4C(OC5CC(OC6CC(O)C(OC7CC(O)C(OC)C(C)O7)C(C)O6)C(O)C(C)O5)C(C)CC(C)C4C3(C)C(O)=C3C(=O)OC4(CC(C)C(C)=CC4C=C2C)C3=O)CC1(C)N([O-])O. The summed E-state index contributed by atoms with van der Waals surface area (Å²) in [5, 5.41) is 72.8. The van der Waals surface area contributed by atoms with Gasteiger partial charge in [0.25, 0.3) is 0 Å². The number of esters is 1. The number of methoxy groups -OCH3 is 2. The van der Waals surface area contributed by atoms with Crippen molar-refractivity contribution in [2.24, 2.45) is 46.8 Å². The van der Waals surface area contributed by atoms with Gasteiger partial charge in [0.15, 0.2) is 30.8 Å². The number of alkyl carbamates (subject to hydrolysis) is 1. The summed E-state index contributed by atoms with van der Waals surface area (Å²) in [6, 6.07) is -0.995. The van der Waals surface area contributed by atoms with E-state index in [0.717, 1.165) is 11.1 Å². The van der Waals surface area contributed by atoms with Crippen LogP contribution in [0, 0.1) is 52.0 Å². The maximum Gasteiger partial charge on any atom is 0.407 e. The first-order chi connectivity index (χ1) is 39.1. The molecule has 27 atom stereocenters. The third-order valence-electron chi connectivity index (χ3n) is 20.3. The molecule has 1 spiro atoms. The zero-order chi connectivity index (χ0) is 60.5. The lowest BCUT2D eigenvalue weighted by molar-refractivity contribution is -0.335. The lowest BCUT2D eigenvalue weighted by Crippen LogP contribution is -2.67. The van der Waals surface area contributed by atoms with Gasteiger partial charge in [-0.3, -0.25) is 10.0 Å². The Morgan fingerprint density at radius 2 is 1.33 bits per heavy atom. The molecule has 6 fully saturated rings. The summed E-state index contributed by atoms with van der Waals surface area (Å²) in [6.07, 6.45) is -2.33. The standard InChI is InChI=1S/C61H91N2O20/c1-27-15-18-42(79-47-26-59(11,63(71)72)54(36(10)78-47)62-58(70)74-14)29(3)21-37-20-28(2)32(6)25-61(37)56(68)48(57(69)83-61)55(67)60(12)39(27)17-16-38-49(60)30(4)19-31(5)51(38)81-46-24-43(50(66)33(7)75-46)80-44-23-41(65)53(35(9)77-44)82-45-22-40(64)52(73-13)34(8)76-45/h15-17,20-21,30-47,49-54,64-67,71H,18-19,22-26H2,1-14H3,(H,62,70)/q-1. The van der Waals surface area contributed by atoms with Crippen molar-refractivity contribution in [3.8, 4) is 0 Å². The number of carbonyl (C=O) groups excluding carboxylic acids is 3. The van der Waals surface area contributed by atoms with Gasteiger partial charge in [-0.2, -0.15) is 0 Å². The molecule has 5 heterocycles. The number of rotatable bonds is 11. The average molecular weight is 1170 g/mol. The van der Waals surface area contributed by atoms with Crippen LogP contribution in [0.2, 0.25) is 0 Å². The van der Waals surface area contributed by atoms with Gasteiger partial charge in [-0.25, -0.2) is 9.59 Å². The van der Waals surface area contributed by atoms with Crippen LogP contribution in [0.4, 0.5) is 4.79 Å². The highest BCUT2D eigenvalue weighted by molar-refractivity contribution is 6.26. The molecule has 1 amide bonds. The van der Waals surface area contributed by atoms with Crippen molar-refractivity contribution in [3.63, 3.8) is 0 Å². The Hall–Kier alpha value is -3.69. The Balaban J connectivity index is 1.00. The molecule has 22 nitrogen and oxygen atoms in total. The number of nitrogens with zero attached hydrogens (tertiary/aromatic N) is 1. The number of hydroxylamine groups is 2. The van der Waals surface area contributed by atoms with Gasteiger partial charge >= 0.3 is 12.1 Å². The van der Waals surface area contributed by atoms with Gasteiger partial charge < -0.3 is 88.3 Å². The zero-order valence-electron chi connectivity index (χ0n) is 50.5. The van der Waals surface area contributed by atoms with Crippen molar-refractivity contribution >= 4 is 17.8 Å². The number of Topliss-reactive ketones (excluding diaryl/α,β-unsaturated/α-hetero) is 1. The van der Waals surface area contributed by atoms with Crippen LogP contribution < -0.4 is 5.32 Å². The summed E-state index contributed by atoms with van der Waals surface area (Å²) in [4.78, 5) is 42.7. The predicted molar refractivity (Wildman–Crippen MR) is 296 cm³/mol. The molecule has 9 aliphatic rings. The molecule has 4 aliphatic carbocycles. The Bertz CT molecular complexity index is 2530. The number of nitrogens with one attached hydrogen (secondary N) is 1. The molecule has 5 aliphatic heterocycles. The van der Waals surface area contributed by atoms with Crippen LogP contribution in [0.1, 0.15) is 128 Å². The summed E-state index contributed by atoms with van der Waals surface area (Å²) < 4.78 is 68.2. The Morgan fingerprint density at radius 1 is 0.723 bits per heavy atom. The number of hydrogen-bond donors (Lipinski definition) is 6. The first kappa shape index (κ1) is 63.8. The van der Waals surface area contributed by atoms with Crippen molar-refractivity contribution in [1.82, 2.24) is 10.5 Å². The lowest BCUT2D eigenvalue weighted by atomic mass is 9.49. The number of allylic oxidation sites excluding steroid dienone is 4. The van der Waals surface area contributed by atoms with E-state index in [0.29, 0.717) is 12.0 Å². The predicted octanol–water partition coefficient (Wildman–Crippen LogP) is 6.51. The Kier molecular flexibility index (Phi) is 19.1. The Labute approximate surface area is 487 Å². The van der Waals surface area contributed by atoms with Crippen LogP contribution in [0.15, 0.2) is 58.4 Å². The third-order valence-corrected chi connectivity index (χ3v) is 20.3. The van der Waals surface area contributed by atoms with Crippen LogP contribution in [0.5, 0.6) is 0 Å². The molecule has 83 heavy (non-hydrogen) atoms. The summed E-state index contributed by atoms with van der Waals surface area (Å²) in [5.41, 5.74) is -2.51. The maximum atomic E-state index is 15.5.